The summed E-state index contributed by atoms with van der Waals surface area (Å²) in [4.78, 5) is 0. The van der Waals surface area contributed by atoms with Crippen molar-refractivity contribution in [2.24, 2.45) is 11.3 Å². The molecule has 18 heavy (non-hydrogen) atoms. The minimum absolute atomic E-state index is 0.141. The van der Waals surface area contributed by atoms with E-state index in [2.05, 4.69) is 13.0 Å². The van der Waals surface area contributed by atoms with Crippen LogP contribution >= 0.6 is 11.6 Å². The molecule has 1 aromatic rings. The van der Waals surface area contributed by atoms with Gasteiger partial charge in [0.05, 0.1) is 16.5 Å². The normalized spacial score (nSPS) is 27.8. The zero-order valence-corrected chi connectivity index (χ0v) is 11.3. The first-order chi connectivity index (χ1) is 8.54. The van der Waals surface area contributed by atoms with Gasteiger partial charge in [-0.25, -0.2) is 4.39 Å². The second-order valence-corrected chi connectivity index (χ2v) is 5.93. The molecule has 1 saturated carbocycles. The molecule has 1 nitrogen and oxygen atoms in total. The molecule has 2 atom stereocenters. The fourth-order valence-electron chi connectivity index (χ4n) is 3.00. The molecule has 0 heterocycles. The third-order valence-corrected chi connectivity index (χ3v) is 4.16. The minimum atomic E-state index is -0.397. The Labute approximate surface area is 113 Å². The third-order valence-electron chi connectivity index (χ3n) is 3.86. The van der Waals surface area contributed by atoms with Gasteiger partial charge in [-0.1, -0.05) is 37.4 Å². The highest BCUT2D eigenvalue weighted by molar-refractivity contribution is 6.30. The first-order valence-corrected chi connectivity index (χ1v) is 6.78. The van der Waals surface area contributed by atoms with E-state index in [4.69, 9.17) is 11.6 Å². The summed E-state index contributed by atoms with van der Waals surface area (Å²) in [6.45, 7) is 2.19. The second-order valence-electron chi connectivity index (χ2n) is 5.52. The van der Waals surface area contributed by atoms with Crippen molar-refractivity contribution in [2.75, 3.05) is 0 Å². The lowest BCUT2D eigenvalue weighted by Gasteiger charge is -2.34. The highest BCUT2D eigenvalue weighted by Crippen LogP contribution is 2.41. The van der Waals surface area contributed by atoms with Gasteiger partial charge in [-0.2, -0.15) is 5.26 Å². The van der Waals surface area contributed by atoms with Crippen molar-refractivity contribution in [3.05, 3.63) is 34.6 Å². The quantitative estimate of drug-likeness (QED) is 0.758. The van der Waals surface area contributed by atoms with E-state index in [9.17, 15) is 9.65 Å². The van der Waals surface area contributed by atoms with Crippen molar-refractivity contribution < 1.29 is 4.39 Å². The van der Waals surface area contributed by atoms with Crippen LogP contribution in [-0.4, -0.2) is 0 Å². The maximum absolute atomic E-state index is 13.4. The molecule has 1 aliphatic carbocycles. The standard InChI is InChI=1S/C15H17ClFN/c1-11-3-2-6-15(8-11,10-18)9-12-4-5-13(16)14(17)7-12/h4-5,7,11H,2-3,6,8-9H2,1H3. The van der Waals surface area contributed by atoms with Crippen molar-refractivity contribution in [2.45, 2.75) is 39.0 Å². The van der Waals surface area contributed by atoms with Crippen LogP contribution in [0.3, 0.4) is 0 Å². The first kappa shape index (κ1) is 13.4. The summed E-state index contributed by atoms with van der Waals surface area (Å²) < 4.78 is 13.4. The SMILES string of the molecule is CC1CCCC(C#N)(Cc2ccc(Cl)c(F)c2)C1. The van der Waals surface area contributed by atoms with Crippen LogP contribution in [-0.2, 0) is 6.42 Å². The summed E-state index contributed by atoms with van der Waals surface area (Å²) in [7, 11) is 0. The predicted octanol–water partition coefficient (Wildman–Crippen LogP) is 4.74. The Balaban J connectivity index is 2.20. The number of hydrogen-bond donors (Lipinski definition) is 0. The summed E-state index contributed by atoms with van der Waals surface area (Å²) in [5.74, 6) is 0.182. The number of nitriles is 1. The van der Waals surface area contributed by atoms with Gasteiger partial charge in [0.15, 0.2) is 0 Å². The van der Waals surface area contributed by atoms with Crippen molar-refractivity contribution in [3.63, 3.8) is 0 Å². The van der Waals surface area contributed by atoms with Gasteiger partial charge in [-0.3, -0.25) is 0 Å². The van der Waals surface area contributed by atoms with Gasteiger partial charge in [0.1, 0.15) is 5.82 Å². The van der Waals surface area contributed by atoms with E-state index in [0.29, 0.717) is 12.3 Å². The smallest absolute Gasteiger partial charge is 0.142 e. The highest BCUT2D eigenvalue weighted by Gasteiger charge is 2.35. The van der Waals surface area contributed by atoms with Crippen LogP contribution in [0.4, 0.5) is 4.39 Å². The summed E-state index contributed by atoms with van der Waals surface area (Å²) in [6, 6.07) is 7.33. The zero-order valence-electron chi connectivity index (χ0n) is 10.5. The van der Waals surface area contributed by atoms with E-state index in [1.165, 1.54) is 12.5 Å². The monoisotopic (exact) mass is 265 g/mol. The molecule has 1 fully saturated rings. The molecule has 0 amide bonds. The van der Waals surface area contributed by atoms with Crippen LogP contribution in [0.2, 0.25) is 5.02 Å². The first-order valence-electron chi connectivity index (χ1n) is 6.40. The lowest BCUT2D eigenvalue weighted by Crippen LogP contribution is -2.28. The topological polar surface area (TPSA) is 23.8 Å². The van der Waals surface area contributed by atoms with E-state index in [1.807, 2.05) is 6.07 Å². The Hall–Kier alpha value is -1.07. The maximum Gasteiger partial charge on any atom is 0.142 e. The van der Waals surface area contributed by atoms with E-state index in [1.54, 1.807) is 6.07 Å². The summed E-state index contributed by atoms with van der Waals surface area (Å²) >= 11 is 5.68. The molecule has 3 heteroatoms. The maximum atomic E-state index is 13.4. The second kappa shape index (κ2) is 5.28. The fourth-order valence-corrected chi connectivity index (χ4v) is 3.12. The summed E-state index contributed by atoms with van der Waals surface area (Å²) in [5.41, 5.74) is 0.547. The Morgan fingerprint density at radius 3 is 2.94 bits per heavy atom. The Kier molecular flexibility index (Phi) is 3.92. The molecule has 0 spiro atoms. The van der Waals surface area contributed by atoms with Crippen LogP contribution < -0.4 is 0 Å². The molecular weight excluding hydrogens is 249 g/mol. The lowest BCUT2D eigenvalue weighted by molar-refractivity contribution is 0.209. The molecular formula is C15H17ClFN. The Morgan fingerprint density at radius 1 is 1.56 bits per heavy atom. The van der Waals surface area contributed by atoms with Crippen molar-refractivity contribution >= 4 is 11.6 Å². The molecule has 1 aliphatic rings. The molecule has 0 bridgehead atoms. The van der Waals surface area contributed by atoms with Crippen molar-refractivity contribution in [1.29, 1.82) is 5.26 Å². The van der Waals surface area contributed by atoms with E-state index < -0.39 is 5.82 Å². The number of hydrogen-bond acceptors (Lipinski definition) is 1. The van der Waals surface area contributed by atoms with Crippen LogP contribution in [0.15, 0.2) is 18.2 Å². The zero-order chi connectivity index (χ0) is 13.2. The molecule has 2 unspecified atom stereocenters. The van der Waals surface area contributed by atoms with Gasteiger partial charge in [0.2, 0.25) is 0 Å². The van der Waals surface area contributed by atoms with Crippen LogP contribution in [0.5, 0.6) is 0 Å². The predicted molar refractivity (Wildman–Crippen MR) is 70.8 cm³/mol. The van der Waals surface area contributed by atoms with Gasteiger partial charge in [-0.15, -0.1) is 0 Å². The van der Waals surface area contributed by atoms with Gasteiger partial charge >= 0.3 is 0 Å². The summed E-state index contributed by atoms with van der Waals surface area (Å²) in [5, 5.41) is 9.62. The molecule has 0 aliphatic heterocycles. The van der Waals surface area contributed by atoms with Crippen molar-refractivity contribution in [3.8, 4) is 6.07 Å². The van der Waals surface area contributed by atoms with Crippen LogP contribution in [0.1, 0.15) is 38.2 Å². The number of rotatable bonds is 2. The molecule has 2 rings (SSSR count). The Morgan fingerprint density at radius 2 is 2.33 bits per heavy atom. The van der Waals surface area contributed by atoms with E-state index >= 15 is 0 Å². The van der Waals surface area contributed by atoms with Crippen LogP contribution in [0.25, 0.3) is 0 Å². The third kappa shape index (κ3) is 2.84. The van der Waals surface area contributed by atoms with Crippen LogP contribution in [0, 0.1) is 28.5 Å². The van der Waals surface area contributed by atoms with E-state index in [0.717, 1.165) is 24.8 Å². The molecule has 0 saturated heterocycles. The average Bonchev–Trinajstić information content (AvgIpc) is 2.34. The molecule has 0 aromatic heterocycles. The fraction of sp³-hybridized carbons (Fsp3) is 0.533. The highest BCUT2D eigenvalue weighted by atomic mass is 35.5. The molecule has 0 radical (unpaired) electrons. The van der Waals surface area contributed by atoms with Gasteiger partial charge < -0.3 is 0 Å². The number of nitrogens with zero attached hydrogens (tertiary/aromatic N) is 1. The molecule has 96 valence electrons. The Bertz CT molecular complexity index is 480. The number of benzene rings is 1. The molecule has 0 N–H and O–H groups in total. The lowest BCUT2D eigenvalue weighted by atomic mass is 9.68. The van der Waals surface area contributed by atoms with Gasteiger partial charge in [0, 0.05) is 0 Å². The average molecular weight is 266 g/mol. The van der Waals surface area contributed by atoms with Crippen molar-refractivity contribution in [1.82, 2.24) is 0 Å². The van der Waals surface area contributed by atoms with E-state index in [-0.39, 0.29) is 10.4 Å². The number of halogens is 2. The minimum Gasteiger partial charge on any atom is -0.205 e. The van der Waals surface area contributed by atoms with Gasteiger partial charge in [-0.05, 0) is 42.9 Å². The largest absolute Gasteiger partial charge is 0.205 e. The summed E-state index contributed by atoms with van der Waals surface area (Å²) in [6.07, 6.45) is 4.73. The molecule has 1 aromatic carbocycles. The van der Waals surface area contributed by atoms with Gasteiger partial charge in [0.25, 0.3) is 0 Å².